The lowest BCUT2D eigenvalue weighted by atomic mass is 10.1. The van der Waals surface area contributed by atoms with Crippen LogP contribution in [0, 0.1) is 5.92 Å². The molecule has 0 rings (SSSR count). The van der Waals surface area contributed by atoms with Crippen molar-refractivity contribution < 1.29 is 13.6 Å². The van der Waals surface area contributed by atoms with Crippen molar-refractivity contribution in [1.82, 2.24) is 4.31 Å². The van der Waals surface area contributed by atoms with Crippen LogP contribution in [0.5, 0.6) is 0 Å². The molecule has 0 fully saturated rings. The van der Waals surface area contributed by atoms with E-state index in [2.05, 4.69) is 0 Å². The smallest absolute Gasteiger partial charge is 0.234 e. The first kappa shape index (κ1) is 11.5. The van der Waals surface area contributed by atoms with Crippen molar-refractivity contribution in [2.24, 2.45) is 11.7 Å². The van der Waals surface area contributed by atoms with Crippen LogP contribution >= 0.6 is 0 Å². The minimum absolute atomic E-state index is 0.254. The molecule has 3 N–H and O–H groups in total. The van der Waals surface area contributed by atoms with Crippen LogP contribution in [0.1, 0.15) is 13.3 Å². The van der Waals surface area contributed by atoms with Gasteiger partial charge in [0, 0.05) is 19.5 Å². The molecule has 0 heterocycles. The van der Waals surface area contributed by atoms with Gasteiger partial charge in [0.05, 0.1) is 0 Å². The van der Waals surface area contributed by atoms with E-state index in [9.17, 15) is 9.00 Å². The second-order valence-electron chi connectivity index (χ2n) is 2.67. The maximum atomic E-state index is 10.5. The Balaban J connectivity index is 3.68. The van der Waals surface area contributed by atoms with Crippen molar-refractivity contribution in [3.63, 3.8) is 0 Å². The molecule has 0 saturated heterocycles. The first-order valence-electron chi connectivity index (χ1n) is 3.56. The predicted octanol–water partition coefficient (Wildman–Crippen LogP) is -0.434. The SMILES string of the molecule is CC(CCN(C)S(=O)O)C(N)=O. The van der Waals surface area contributed by atoms with Crippen molar-refractivity contribution >= 4 is 17.2 Å². The Morgan fingerprint density at radius 1 is 1.75 bits per heavy atom. The van der Waals surface area contributed by atoms with Crippen molar-refractivity contribution in [1.29, 1.82) is 0 Å². The Morgan fingerprint density at radius 2 is 2.25 bits per heavy atom. The molecule has 72 valence electrons. The quantitative estimate of drug-likeness (QED) is 0.582. The summed E-state index contributed by atoms with van der Waals surface area (Å²) in [6.07, 6.45) is 0.498. The molecule has 0 aromatic heterocycles. The molecule has 0 aromatic carbocycles. The van der Waals surface area contributed by atoms with Crippen LogP contribution in [0.2, 0.25) is 0 Å². The summed E-state index contributed by atoms with van der Waals surface area (Å²) in [5, 5.41) is 0. The van der Waals surface area contributed by atoms with Crippen LogP contribution in [0.4, 0.5) is 0 Å². The second kappa shape index (κ2) is 5.23. The lowest BCUT2D eigenvalue weighted by Gasteiger charge is -2.12. The molecule has 1 amide bonds. The van der Waals surface area contributed by atoms with Gasteiger partial charge in [0.1, 0.15) is 0 Å². The molecule has 0 saturated carbocycles. The molecule has 5 nitrogen and oxygen atoms in total. The van der Waals surface area contributed by atoms with Crippen molar-refractivity contribution in [3.8, 4) is 0 Å². The van der Waals surface area contributed by atoms with E-state index in [0.29, 0.717) is 13.0 Å². The summed E-state index contributed by atoms with van der Waals surface area (Å²) in [6, 6.07) is 0. The van der Waals surface area contributed by atoms with E-state index in [1.807, 2.05) is 0 Å². The molecule has 2 atom stereocenters. The highest BCUT2D eigenvalue weighted by atomic mass is 32.2. The average Bonchev–Trinajstić information content (AvgIpc) is 1.98. The third-order valence-electron chi connectivity index (χ3n) is 1.63. The fourth-order valence-electron chi connectivity index (χ4n) is 0.596. The van der Waals surface area contributed by atoms with Gasteiger partial charge >= 0.3 is 0 Å². The Hall–Kier alpha value is -0.460. The maximum absolute atomic E-state index is 10.5. The maximum Gasteiger partial charge on any atom is 0.234 e. The second-order valence-corrected chi connectivity index (χ2v) is 3.76. The molecule has 0 radical (unpaired) electrons. The minimum Gasteiger partial charge on any atom is -0.369 e. The summed E-state index contributed by atoms with van der Waals surface area (Å²) in [4.78, 5) is 10.5. The van der Waals surface area contributed by atoms with Gasteiger partial charge < -0.3 is 5.73 Å². The normalized spacial score (nSPS) is 16.0. The molecule has 0 aliphatic rings. The summed E-state index contributed by atoms with van der Waals surface area (Å²) in [7, 11) is 1.50. The molecule has 2 unspecified atom stereocenters. The molecular formula is C6H14N2O3S. The summed E-state index contributed by atoms with van der Waals surface area (Å²) in [5.41, 5.74) is 5.00. The minimum atomic E-state index is -1.96. The van der Waals surface area contributed by atoms with E-state index in [-0.39, 0.29) is 11.8 Å². The fourth-order valence-corrected chi connectivity index (χ4v) is 0.857. The topological polar surface area (TPSA) is 83.6 Å². The zero-order valence-corrected chi connectivity index (χ0v) is 8.00. The van der Waals surface area contributed by atoms with Gasteiger partial charge in [-0.2, -0.15) is 0 Å². The Kier molecular flexibility index (Phi) is 5.03. The Morgan fingerprint density at radius 3 is 2.58 bits per heavy atom. The number of rotatable bonds is 5. The number of nitrogens with zero attached hydrogens (tertiary/aromatic N) is 1. The van der Waals surface area contributed by atoms with Gasteiger partial charge in [-0.05, 0) is 6.42 Å². The van der Waals surface area contributed by atoms with E-state index >= 15 is 0 Å². The van der Waals surface area contributed by atoms with Crippen LogP contribution in [0.25, 0.3) is 0 Å². The number of hydrogen-bond donors (Lipinski definition) is 2. The Bertz CT molecular complexity index is 166. The molecular weight excluding hydrogens is 180 g/mol. The number of primary amides is 1. The van der Waals surface area contributed by atoms with Crippen LogP contribution < -0.4 is 5.73 Å². The lowest BCUT2D eigenvalue weighted by Crippen LogP contribution is -2.27. The molecule has 12 heavy (non-hydrogen) atoms. The fraction of sp³-hybridized carbons (Fsp3) is 0.833. The number of hydrogen-bond acceptors (Lipinski definition) is 2. The van der Waals surface area contributed by atoms with Gasteiger partial charge in [-0.1, -0.05) is 6.92 Å². The zero-order valence-electron chi connectivity index (χ0n) is 7.19. The van der Waals surface area contributed by atoms with Gasteiger partial charge in [-0.25, -0.2) is 8.51 Å². The summed E-state index contributed by atoms with van der Waals surface area (Å²) >= 11 is -1.96. The molecule has 0 bridgehead atoms. The van der Waals surface area contributed by atoms with E-state index < -0.39 is 11.3 Å². The molecule has 6 heteroatoms. The van der Waals surface area contributed by atoms with Crippen molar-refractivity contribution in [2.45, 2.75) is 13.3 Å². The Labute approximate surface area is 74.3 Å². The lowest BCUT2D eigenvalue weighted by molar-refractivity contribution is -0.121. The van der Waals surface area contributed by atoms with E-state index in [1.54, 1.807) is 6.92 Å². The third kappa shape index (κ3) is 4.42. The predicted molar refractivity (Wildman–Crippen MR) is 46.4 cm³/mol. The van der Waals surface area contributed by atoms with Gasteiger partial charge in [0.2, 0.25) is 17.2 Å². The highest BCUT2D eigenvalue weighted by molar-refractivity contribution is 7.76. The third-order valence-corrected chi connectivity index (χ3v) is 2.35. The largest absolute Gasteiger partial charge is 0.369 e. The van der Waals surface area contributed by atoms with Gasteiger partial charge in [-0.15, -0.1) is 0 Å². The molecule has 0 spiro atoms. The van der Waals surface area contributed by atoms with Crippen molar-refractivity contribution in [3.05, 3.63) is 0 Å². The van der Waals surface area contributed by atoms with E-state index in [1.165, 1.54) is 11.4 Å². The van der Waals surface area contributed by atoms with Crippen LogP contribution in [-0.2, 0) is 16.1 Å². The van der Waals surface area contributed by atoms with Gasteiger partial charge in [0.25, 0.3) is 0 Å². The standard InChI is InChI=1S/C6H14N2O3S/c1-5(6(7)9)3-4-8(2)12(10)11/h5H,3-4H2,1-2H3,(H2,7,9)(H,10,11). The van der Waals surface area contributed by atoms with Crippen LogP contribution in [0.15, 0.2) is 0 Å². The van der Waals surface area contributed by atoms with Crippen LogP contribution in [0.3, 0.4) is 0 Å². The first-order chi connectivity index (χ1) is 5.45. The summed E-state index contributed by atoms with van der Waals surface area (Å²) in [5.74, 6) is -0.636. The highest BCUT2D eigenvalue weighted by Gasteiger charge is 2.11. The molecule has 0 aliphatic heterocycles. The number of carbonyl (C=O) groups excluding carboxylic acids is 1. The van der Waals surface area contributed by atoms with Gasteiger partial charge in [0.15, 0.2) is 0 Å². The van der Waals surface area contributed by atoms with E-state index in [0.717, 1.165) is 0 Å². The number of carbonyl (C=O) groups is 1. The number of nitrogens with two attached hydrogens (primary N) is 1. The molecule has 0 aliphatic carbocycles. The zero-order chi connectivity index (χ0) is 9.72. The summed E-state index contributed by atoms with van der Waals surface area (Å²) < 4.78 is 20.2. The average molecular weight is 194 g/mol. The highest BCUT2D eigenvalue weighted by Crippen LogP contribution is 2.02. The summed E-state index contributed by atoms with van der Waals surface area (Å²) in [6.45, 7) is 2.07. The monoisotopic (exact) mass is 194 g/mol. The van der Waals surface area contributed by atoms with E-state index in [4.69, 9.17) is 10.3 Å². The van der Waals surface area contributed by atoms with Crippen LogP contribution in [-0.4, -0.2) is 32.6 Å². The first-order valence-corrected chi connectivity index (χ1v) is 4.63. The van der Waals surface area contributed by atoms with Crippen molar-refractivity contribution in [2.75, 3.05) is 13.6 Å². The molecule has 0 aromatic rings. The number of amides is 1. The van der Waals surface area contributed by atoms with Gasteiger partial charge in [-0.3, -0.25) is 9.35 Å².